The molecule has 0 radical (unpaired) electrons. The lowest BCUT2D eigenvalue weighted by atomic mass is 10.1. The Labute approximate surface area is 164 Å². The number of amides is 1. The maximum atomic E-state index is 12.8. The van der Waals surface area contributed by atoms with E-state index in [0.717, 1.165) is 17.0 Å². The number of alkyl halides is 3. The van der Waals surface area contributed by atoms with E-state index in [1.807, 2.05) is 6.07 Å². The minimum Gasteiger partial charge on any atom is -0.550 e. The lowest BCUT2D eigenvalue weighted by molar-refractivity contribution is -0.305. The highest BCUT2D eigenvalue weighted by molar-refractivity contribution is 5.80. The molecule has 2 rings (SSSR count). The first-order valence-electron chi connectivity index (χ1n) is 8.42. The van der Waals surface area contributed by atoms with Crippen LogP contribution in [0, 0.1) is 11.3 Å². The van der Waals surface area contributed by atoms with Gasteiger partial charge < -0.3 is 19.5 Å². The summed E-state index contributed by atoms with van der Waals surface area (Å²) >= 11 is 0. The normalized spacial score (nSPS) is 12.0. The molecule has 0 fully saturated rings. The second-order valence-electron chi connectivity index (χ2n) is 6.11. The van der Waals surface area contributed by atoms with Crippen LogP contribution in [0.4, 0.5) is 13.2 Å². The summed E-state index contributed by atoms with van der Waals surface area (Å²) in [6, 6.07) is 11.3. The number of hydrogen-bond donors (Lipinski definition) is 0. The van der Waals surface area contributed by atoms with Crippen molar-refractivity contribution < 1.29 is 32.6 Å². The standard InChI is InChI=1S/C20H17F3N2O4/c1-25(18(26)8-9-19(27)28)17(12-24)13-4-2-6-15(10-13)29-16-7-3-5-14(11-16)20(21,22)23/h2-7,10-11,17H,8-9H2,1H3,(H,27,28)/p-1. The van der Waals surface area contributed by atoms with Crippen LogP contribution in [0.1, 0.15) is 30.0 Å². The van der Waals surface area contributed by atoms with Gasteiger partial charge in [-0.3, -0.25) is 4.79 Å². The second-order valence-corrected chi connectivity index (χ2v) is 6.11. The molecular weight excluding hydrogens is 389 g/mol. The Balaban J connectivity index is 2.20. The van der Waals surface area contributed by atoms with Crippen LogP contribution in [-0.4, -0.2) is 23.8 Å². The summed E-state index contributed by atoms with van der Waals surface area (Å²) in [5.74, 6) is -1.80. The molecule has 1 unspecified atom stereocenters. The van der Waals surface area contributed by atoms with Gasteiger partial charge in [-0.25, -0.2) is 0 Å². The van der Waals surface area contributed by atoms with E-state index in [0.29, 0.717) is 5.56 Å². The molecule has 152 valence electrons. The molecule has 6 nitrogen and oxygen atoms in total. The van der Waals surface area contributed by atoms with Gasteiger partial charge in [0, 0.05) is 19.4 Å². The Hall–Kier alpha value is -3.54. The smallest absolute Gasteiger partial charge is 0.416 e. The highest BCUT2D eigenvalue weighted by Gasteiger charge is 2.30. The minimum absolute atomic E-state index is 0.0381. The Kier molecular flexibility index (Phi) is 6.83. The number of aliphatic carboxylic acids is 1. The van der Waals surface area contributed by atoms with Crippen LogP contribution < -0.4 is 9.84 Å². The number of hydrogen-bond acceptors (Lipinski definition) is 5. The number of halogens is 3. The minimum atomic E-state index is -4.51. The first-order chi connectivity index (χ1) is 13.6. The van der Waals surface area contributed by atoms with Crippen LogP contribution in [-0.2, 0) is 15.8 Å². The molecule has 0 saturated heterocycles. The van der Waals surface area contributed by atoms with Crippen LogP contribution in [0.5, 0.6) is 11.5 Å². The third kappa shape index (κ3) is 5.97. The molecule has 29 heavy (non-hydrogen) atoms. The number of rotatable bonds is 7. The predicted octanol–water partition coefficient (Wildman–Crippen LogP) is 3.05. The Morgan fingerprint density at radius 1 is 1.14 bits per heavy atom. The van der Waals surface area contributed by atoms with Crippen molar-refractivity contribution >= 4 is 11.9 Å². The quantitative estimate of drug-likeness (QED) is 0.706. The summed E-state index contributed by atoms with van der Waals surface area (Å²) in [7, 11) is 1.35. The third-order valence-electron chi connectivity index (χ3n) is 4.02. The Morgan fingerprint density at radius 2 is 1.76 bits per heavy atom. The Bertz CT molecular complexity index is 938. The summed E-state index contributed by atoms with van der Waals surface area (Å²) in [6.07, 6.45) is -5.31. The zero-order chi connectivity index (χ0) is 21.6. The van der Waals surface area contributed by atoms with Gasteiger partial charge in [-0.1, -0.05) is 18.2 Å². The molecule has 9 heteroatoms. The molecular formula is C20H16F3N2O4-. The fraction of sp³-hybridized carbons (Fsp3) is 0.250. The fourth-order valence-electron chi connectivity index (χ4n) is 2.53. The zero-order valence-electron chi connectivity index (χ0n) is 15.3. The van der Waals surface area contributed by atoms with E-state index >= 15 is 0 Å². The van der Waals surface area contributed by atoms with Gasteiger partial charge in [0.15, 0.2) is 0 Å². The number of carboxylic acid groups (broad SMARTS) is 1. The molecule has 0 spiro atoms. The number of carboxylic acids is 1. The molecule has 0 bridgehead atoms. The van der Waals surface area contributed by atoms with Crippen LogP contribution in [0.2, 0.25) is 0 Å². The van der Waals surface area contributed by atoms with Crippen LogP contribution in [0.15, 0.2) is 48.5 Å². The summed E-state index contributed by atoms with van der Waals surface area (Å²) in [4.78, 5) is 23.7. The van der Waals surface area contributed by atoms with E-state index in [1.165, 1.54) is 37.4 Å². The molecule has 0 saturated carbocycles. The van der Waals surface area contributed by atoms with Crippen molar-refractivity contribution in [1.29, 1.82) is 5.26 Å². The van der Waals surface area contributed by atoms with E-state index < -0.39 is 36.1 Å². The van der Waals surface area contributed by atoms with Crippen molar-refractivity contribution in [2.75, 3.05) is 7.05 Å². The van der Waals surface area contributed by atoms with Crippen molar-refractivity contribution in [2.24, 2.45) is 0 Å². The molecule has 0 N–H and O–H groups in total. The number of ether oxygens (including phenoxy) is 1. The fourth-order valence-corrected chi connectivity index (χ4v) is 2.53. The maximum Gasteiger partial charge on any atom is 0.416 e. The molecule has 0 aliphatic carbocycles. The largest absolute Gasteiger partial charge is 0.550 e. The van der Waals surface area contributed by atoms with Gasteiger partial charge in [-0.2, -0.15) is 18.4 Å². The van der Waals surface area contributed by atoms with Crippen molar-refractivity contribution in [3.05, 3.63) is 59.7 Å². The van der Waals surface area contributed by atoms with Crippen molar-refractivity contribution in [2.45, 2.75) is 25.1 Å². The number of carbonyl (C=O) groups excluding carboxylic acids is 2. The van der Waals surface area contributed by atoms with Crippen LogP contribution in [0.25, 0.3) is 0 Å². The SMILES string of the molecule is CN(C(=O)CCC(=O)[O-])C(C#N)c1cccc(Oc2cccc(C(F)(F)F)c2)c1. The third-order valence-corrected chi connectivity index (χ3v) is 4.02. The predicted molar refractivity (Wildman–Crippen MR) is 93.3 cm³/mol. The van der Waals surface area contributed by atoms with Crippen LogP contribution in [0.3, 0.4) is 0 Å². The molecule has 0 aliphatic rings. The lowest BCUT2D eigenvalue weighted by Crippen LogP contribution is -2.32. The summed E-state index contributed by atoms with van der Waals surface area (Å²) in [5.41, 5.74) is -0.499. The molecule has 2 aromatic carbocycles. The summed E-state index contributed by atoms with van der Waals surface area (Å²) in [6.45, 7) is 0. The average Bonchev–Trinajstić information content (AvgIpc) is 2.66. The highest BCUT2D eigenvalue weighted by atomic mass is 19.4. The number of carbonyl (C=O) groups is 2. The molecule has 2 aromatic rings. The van der Waals surface area contributed by atoms with Crippen LogP contribution >= 0.6 is 0 Å². The second kappa shape index (κ2) is 9.10. The van der Waals surface area contributed by atoms with E-state index in [1.54, 1.807) is 6.07 Å². The van der Waals surface area contributed by atoms with Gasteiger partial charge in [0.2, 0.25) is 5.91 Å². The summed E-state index contributed by atoms with van der Waals surface area (Å²) in [5, 5.41) is 20.0. The van der Waals surface area contributed by atoms with Crippen molar-refractivity contribution in [1.82, 2.24) is 4.90 Å². The van der Waals surface area contributed by atoms with Gasteiger partial charge in [0.25, 0.3) is 0 Å². The summed E-state index contributed by atoms with van der Waals surface area (Å²) < 4.78 is 44.0. The molecule has 0 aromatic heterocycles. The van der Waals surface area contributed by atoms with Gasteiger partial charge >= 0.3 is 6.18 Å². The van der Waals surface area contributed by atoms with Gasteiger partial charge in [-0.05, 0) is 42.3 Å². The first kappa shape index (κ1) is 21.8. The monoisotopic (exact) mass is 405 g/mol. The van der Waals surface area contributed by atoms with Crippen molar-refractivity contribution in [3.8, 4) is 17.6 Å². The van der Waals surface area contributed by atoms with E-state index in [4.69, 9.17) is 4.74 Å². The van der Waals surface area contributed by atoms with Gasteiger partial charge in [0.1, 0.15) is 17.5 Å². The number of nitriles is 1. The molecule has 1 atom stereocenters. The number of benzene rings is 2. The lowest BCUT2D eigenvalue weighted by Gasteiger charge is -2.23. The average molecular weight is 405 g/mol. The van der Waals surface area contributed by atoms with Gasteiger partial charge in [0.05, 0.1) is 11.6 Å². The Morgan fingerprint density at radius 3 is 2.34 bits per heavy atom. The molecule has 0 aliphatic heterocycles. The van der Waals surface area contributed by atoms with E-state index in [-0.39, 0.29) is 17.9 Å². The van der Waals surface area contributed by atoms with E-state index in [2.05, 4.69) is 0 Å². The topological polar surface area (TPSA) is 93.5 Å². The van der Waals surface area contributed by atoms with E-state index in [9.17, 15) is 33.1 Å². The number of nitrogens with zero attached hydrogens (tertiary/aromatic N) is 2. The zero-order valence-corrected chi connectivity index (χ0v) is 15.3. The van der Waals surface area contributed by atoms with Gasteiger partial charge in [-0.15, -0.1) is 0 Å². The first-order valence-corrected chi connectivity index (χ1v) is 8.42. The molecule has 0 heterocycles. The van der Waals surface area contributed by atoms with Crippen molar-refractivity contribution in [3.63, 3.8) is 0 Å². The maximum absolute atomic E-state index is 12.8. The highest BCUT2D eigenvalue weighted by Crippen LogP contribution is 2.33. The molecule has 1 amide bonds.